The van der Waals surface area contributed by atoms with Gasteiger partial charge in [-0.15, -0.1) is 22.0 Å². The molecule has 2 amide bonds. The topological polar surface area (TPSA) is 75.2 Å². The van der Waals surface area contributed by atoms with E-state index in [0.29, 0.717) is 23.0 Å². The normalized spacial score (nSPS) is 15.5. The molecule has 0 radical (unpaired) electrons. The first-order chi connectivity index (χ1) is 16.6. The predicted molar refractivity (Wildman–Crippen MR) is 137 cm³/mol. The fourth-order valence-corrected chi connectivity index (χ4v) is 5.67. The van der Waals surface area contributed by atoms with Gasteiger partial charge < -0.3 is 4.90 Å². The standard InChI is InChI=1S/C26H22N4O2S2/c1-17-7-9-20(10-8-17)24-28-29-26(34-24)27-23(32)19-11-13-21(14-12-19)25-30(22(31)16-33-25)15-18-5-3-2-4-6-18/h2-14,25H,15-16H2,1H3,(H,27,29,32)/t25-/m0/s1. The van der Waals surface area contributed by atoms with Crippen LogP contribution in [0.15, 0.2) is 78.9 Å². The van der Waals surface area contributed by atoms with Crippen LogP contribution in [-0.4, -0.2) is 32.7 Å². The fraction of sp³-hybridized carbons (Fsp3) is 0.154. The highest BCUT2D eigenvalue weighted by atomic mass is 32.2. The summed E-state index contributed by atoms with van der Waals surface area (Å²) in [5, 5.41) is 12.3. The van der Waals surface area contributed by atoms with E-state index in [-0.39, 0.29) is 17.2 Å². The fourth-order valence-electron chi connectivity index (χ4n) is 3.74. The monoisotopic (exact) mass is 486 g/mol. The maximum atomic E-state index is 12.8. The third kappa shape index (κ3) is 4.88. The molecule has 3 aromatic carbocycles. The van der Waals surface area contributed by atoms with Crippen molar-refractivity contribution in [2.45, 2.75) is 18.8 Å². The van der Waals surface area contributed by atoms with Crippen LogP contribution in [0.4, 0.5) is 5.13 Å². The zero-order valence-electron chi connectivity index (χ0n) is 18.5. The maximum Gasteiger partial charge on any atom is 0.257 e. The van der Waals surface area contributed by atoms with Crippen LogP contribution in [0.1, 0.15) is 32.4 Å². The maximum absolute atomic E-state index is 12.8. The molecule has 1 N–H and O–H groups in total. The smallest absolute Gasteiger partial charge is 0.257 e. The molecule has 2 heterocycles. The zero-order valence-corrected chi connectivity index (χ0v) is 20.1. The summed E-state index contributed by atoms with van der Waals surface area (Å²) in [6.45, 7) is 2.60. The number of rotatable bonds is 6. The molecule has 1 aromatic heterocycles. The Labute approximate surface area is 206 Å². The van der Waals surface area contributed by atoms with Crippen molar-refractivity contribution in [1.82, 2.24) is 15.1 Å². The summed E-state index contributed by atoms with van der Waals surface area (Å²) in [7, 11) is 0. The second-order valence-electron chi connectivity index (χ2n) is 8.03. The van der Waals surface area contributed by atoms with E-state index in [4.69, 9.17) is 0 Å². The van der Waals surface area contributed by atoms with Gasteiger partial charge in [-0.3, -0.25) is 14.9 Å². The Hall–Kier alpha value is -3.49. The van der Waals surface area contributed by atoms with Crippen molar-refractivity contribution in [3.8, 4) is 10.6 Å². The van der Waals surface area contributed by atoms with E-state index in [2.05, 4.69) is 15.5 Å². The Balaban J connectivity index is 1.26. The van der Waals surface area contributed by atoms with E-state index in [0.717, 1.165) is 21.7 Å². The van der Waals surface area contributed by atoms with Gasteiger partial charge in [0, 0.05) is 17.7 Å². The summed E-state index contributed by atoms with van der Waals surface area (Å²) in [5.41, 5.74) is 4.77. The number of amides is 2. The van der Waals surface area contributed by atoms with Crippen LogP contribution in [0.5, 0.6) is 0 Å². The molecule has 0 spiro atoms. The molecule has 0 unspecified atom stereocenters. The number of aryl methyl sites for hydroxylation is 1. The van der Waals surface area contributed by atoms with Crippen LogP contribution in [0.3, 0.4) is 0 Å². The molecule has 0 aliphatic carbocycles. The van der Waals surface area contributed by atoms with Gasteiger partial charge in [0.25, 0.3) is 5.91 Å². The number of aromatic nitrogens is 2. The van der Waals surface area contributed by atoms with Crippen LogP contribution < -0.4 is 5.32 Å². The van der Waals surface area contributed by atoms with Crippen molar-refractivity contribution >= 4 is 40.0 Å². The third-order valence-corrected chi connectivity index (χ3v) is 7.71. The molecule has 1 fully saturated rings. The highest BCUT2D eigenvalue weighted by Crippen LogP contribution is 2.39. The van der Waals surface area contributed by atoms with Gasteiger partial charge in [0.1, 0.15) is 10.4 Å². The van der Waals surface area contributed by atoms with Crippen LogP contribution in [-0.2, 0) is 11.3 Å². The second kappa shape index (κ2) is 9.79. The van der Waals surface area contributed by atoms with Gasteiger partial charge in [-0.05, 0) is 30.2 Å². The molecule has 8 heteroatoms. The molecule has 34 heavy (non-hydrogen) atoms. The van der Waals surface area contributed by atoms with Crippen molar-refractivity contribution < 1.29 is 9.59 Å². The van der Waals surface area contributed by atoms with Crippen LogP contribution in [0.25, 0.3) is 10.6 Å². The van der Waals surface area contributed by atoms with Gasteiger partial charge in [-0.1, -0.05) is 83.6 Å². The van der Waals surface area contributed by atoms with Crippen molar-refractivity contribution in [2.24, 2.45) is 0 Å². The Morgan fingerprint density at radius 2 is 1.74 bits per heavy atom. The van der Waals surface area contributed by atoms with Crippen molar-refractivity contribution in [1.29, 1.82) is 0 Å². The van der Waals surface area contributed by atoms with Gasteiger partial charge in [0.05, 0.1) is 5.75 Å². The lowest BCUT2D eigenvalue weighted by Crippen LogP contribution is -2.27. The number of anilines is 1. The largest absolute Gasteiger partial charge is 0.322 e. The molecule has 1 saturated heterocycles. The van der Waals surface area contributed by atoms with E-state index >= 15 is 0 Å². The average molecular weight is 487 g/mol. The Morgan fingerprint density at radius 3 is 2.47 bits per heavy atom. The Bertz CT molecular complexity index is 1300. The minimum Gasteiger partial charge on any atom is -0.322 e. The van der Waals surface area contributed by atoms with Crippen LogP contribution in [0.2, 0.25) is 0 Å². The number of benzene rings is 3. The molecule has 4 aromatic rings. The first kappa shape index (κ1) is 22.3. The summed E-state index contributed by atoms with van der Waals surface area (Å²) < 4.78 is 0. The Morgan fingerprint density at radius 1 is 1.00 bits per heavy atom. The minimum absolute atomic E-state index is 0.0648. The third-order valence-electron chi connectivity index (χ3n) is 5.57. The first-order valence-electron chi connectivity index (χ1n) is 10.8. The van der Waals surface area contributed by atoms with E-state index in [1.54, 1.807) is 23.9 Å². The zero-order chi connectivity index (χ0) is 23.5. The van der Waals surface area contributed by atoms with Gasteiger partial charge in [-0.2, -0.15) is 0 Å². The Kier molecular flexibility index (Phi) is 6.42. The van der Waals surface area contributed by atoms with Crippen LogP contribution >= 0.6 is 23.1 Å². The summed E-state index contributed by atoms with van der Waals surface area (Å²) in [4.78, 5) is 27.1. The highest BCUT2D eigenvalue weighted by molar-refractivity contribution is 8.00. The molecular weight excluding hydrogens is 464 g/mol. The molecule has 1 aliphatic rings. The summed E-state index contributed by atoms with van der Waals surface area (Å²) in [5.74, 6) is 0.343. The van der Waals surface area contributed by atoms with Gasteiger partial charge >= 0.3 is 0 Å². The molecule has 170 valence electrons. The van der Waals surface area contributed by atoms with Gasteiger partial charge in [0.15, 0.2) is 0 Å². The van der Waals surface area contributed by atoms with E-state index < -0.39 is 0 Å². The molecule has 0 saturated carbocycles. The number of nitrogens with zero attached hydrogens (tertiary/aromatic N) is 3. The van der Waals surface area contributed by atoms with Crippen LogP contribution in [0, 0.1) is 6.92 Å². The van der Waals surface area contributed by atoms with E-state index in [9.17, 15) is 9.59 Å². The summed E-state index contributed by atoms with van der Waals surface area (Å²) in [6, 6.07) is 25.4. The van der Waals surface area contributed by atoms with E-state index in [1.165, 1.54) is 16.9 Å². The summed E-state index contributed by atoms with van der Waals surface area (Å²) in [6.07, 6.45) is 0. The number of nitrogens with one attached hydrogen (secondary N) is 1. The summed E-state index contributed by atoms with van der Waals surface area (Å²) >= 11 is 2.95. The van der Waals surface area contributed by atoms with Crippen molar-refractivity contribution in [2.75, 3.05) is 11.1 Å². The average Bonchev–Trinajstić information content (AvgIpc) is 3.47. The van der Waals surface area contributed by atoms with Crippen molar-refractivity contribution in [3.05, 3.63) is 101 Å². The predicted octanol–water partition coefficient (Wildman–Crippen LogP) is 5.54. The first-order valence-corrected chi connectivity index (χ1v) is 12.7. The number of carbonyl (C=O) groups excluding carboxylic acids is 2. The number of hydrogen-bond acceptors (Lipinski definition) is 6. The lowest BCUT2D eigenvalue weighted by atomic mass is 10.1. The SMILES string of the molecule is Cc1ccc(-c2nnc(NC(=O)c3ccc([C@@H]4SCC(=O)N4Cc4ccccc4)cc3)s2)cc1. The number of hydrogen-bond donors (Lipinski definition) is 1. The second-order valence-corrected chi connectivity index (χ2v) is 10.1. The quantitative estimate of drug-likeness (QED) is 0.387. The molecule has 1 aliphatic heterocycles. The number of thioether (sulfide) groups is 1. The van der Waals surface area contributed by atoms with Gasteiger partial charge in [0.2, 0.25) is 11.0 Å². The molecule has 0 bridgehead atoms. The van der Waals surface area contributed by atoms with E-state index in [1.807, 2.05) is 78.6 Å². The minimum atomic E-state index is -0.241. The molecular formula is C26H22N4O2S2. The lowest BCUT2D eigenvalue weighted by Gasteiger charge is -2.24. The number of carbonyl (C=O) groups is 2. The van der Waals surface area contributed by atoms with Gasteiger partial charge in [-0.25, -0.2) is 0 Å². The molecule has 1 atom stereocenters. The highest BCUT2D eigenvalue weighted by Gasteiger charge is 2.32. The molecule has 5 rings (SSSR count). The lowest BCUT2D eigenvalue weighted by molar-refractivity contribution is -0.128. The molecule has 6 nitrogen and oxygen atoms in total. The van der Waals surface area contributed by atoms with Crippen molar-refractivity contribution in [3.63, 3.8) is 0 Å².